The summed E-state index contributed by atoms with van der Waals surface area (Å²) in [6.45, 7) is 2.71. The van der Waals surface area contributed by atoms with Crippen molar-refractivity contribution in [2.75, 3.05) is 44.7 Å². The van der Waals surface area contributed by atoms with Gasteiger partial charge in [-0.3, -0.25) is 14.5 Å². The van der Waals surface area contributed by atoms with Gasteiger partial charge in [-0.25, -0.2) is 0 Å². The van der Waals surface area contributed by atoms with Gasteiger partial charge in [-0.15, -0.1) is 0 Å². The van der Waals surface area contributed by atoms with Gasteiger partial charge < -0.3 is 10.0 Å². The first kappa shape index (κ1) is 13.3. The van der Waals surface area contributed by atoms with Crippen LogP contribution in [0.3, 0.4) is 0 Å². The van der Waals surface area contributed by atoms with Gasteiger partial charge in [-0.1, -0.05) is 0 Å². The summed E-state index contributed by atoms with van der Waals surface area (Å²) in [5.41, 5.74) is 0. The number of carbonyl (C=O) groups is 2. The molecule has 0 unspecified atom stereocenters. The molecule has 0 aliphatic carbocycles. The third-order valence-corrected chi connectivity index (χ3v) is 3.22. The first-order valence-electron chi connectivity index (χ1n) is 5.34. The summed E-state index contributed by atoms with van der Waals surface area (Å²) in [6.07, 6.45) is 2.57. The molecular formula is C10H18N2O3S. The van der Waals surface area contributed by atoms with Gasteiger partial charge in [-0.2, -0.15) is 11.8 Å². The number of aliphatic carboxylic acids is 1. The molecule has 1 saturated heterocycles. The van der Waals surface area contributed by atoms with E-state index < -0.39 is 5.97 Å². The second kappa shape index (κ2) is 6.75. The van der Waals surface area contributed by atoms with Crippen molar-refractivity contribution in [3.8, 4) is 0 Å². The van der Waals surface area contributed by atoms with E-state index in [1.165, 1.54) is 0 Å². The topological polar surface area (TPSA) is 60.9 Å². The van der Waals surface area contributed by atoms with Crippen LogP contribution in [0.15, 0.2) is 0 Å². The number of rotatable bonds is 5. The van der Waals surface area contributed by atoms with Crippen molar-refractivity contribution in [2.45, 2.75) is 6.42 Å². The van der Waals surface area contributed by atoms with Crippen LogP contribution in [0, 0.1) is 0 Å². The Kier molecular flexibility index (Phi) is 5.62. The van der Waals surface area contributed by atoms with Crippen LogP contribution in [0.25, 0.3) is 0 Å². The van der Waals surface area contributed by atoms with E-state index in [1.54, 1.807) is 11.8 Å². The molecule has 0 saturated carbocycles. The van der Waals surface area contributed by atoms with Gasteiger partial charge in [-0.05, 0) is 6.26 Å². The Labute approximate surface area is 99.8 Å². The van der Waals surface area contributed by atoms with E-state index in [0.717, 1.165) is 5.75 Å². The largest absolute Gasteiger partial charge is 0.480 e. The van der Waals surface area contributed by atoms with E-state index in [4.69, 9.17) is 5.11 Å². The summed E-state index contributed by atoms with van der Waals surface area (Å²) in [7, 11) is 0. The molecule has 1 aliphatic rings. The summed E-state index contributed by atoms with van der Waals surface area (Å²) in [4.78, 5) is 25.9. The average Bonchev–Trinajstić information content (AvgIpc) is 2.26. The lowest BCUT2D eigenvalue weighted by molar-refractivity contribution is -0.139. The van der Waals surface area contributed by atoms with Crippen molar-refractivity contribution in [1.29, 1.82) is 0 Å². The van der Waals surface area contributed by atoms with Crippen LogP contribution in [0.5, 0.6) is 0 Å². The molecule has 0 aromatic heterocycles. The lowest BCUT2D eigenvalue weighted by Crippen LogP contribution is -2.49. The van der Waals surface area contributed by atoms with Crippen LogP contribution < -0.4 is 0 Å². The van der Waals surface area contributed by atoms with Gasteiger partial charge in [0.15, 0.2) is 0 Å². The first-order valence-corrected chi connectivity index (χ1v) is 6.73. The minimum absolute atomic E-state index is 0.0762. The molecule has 0 bridgehead atoms. The lowest BCUT2D eigenvalue weighted by atomic mass is 10.3. The number of carboxylic acids is 1. The molecule has 92 valence electrons. The molecule has 0 aromatic carbocycles. The van der Waals surface area contributed by atoms with Crippen LogP contribution in [0.4, 0.5) is 0 Å². The van der Waals surface area contributed by atoms with Crippen molar-refractivity contribution < 1.29 is 14.7 Å². The van der Waals surface area contributed by atoms with E-state index in [1.807, 2.05) is 16.1 Å². The van der Waals surface area contributed by atoms with Crippen molar-refractivity contribution in [1.82, 2.24) is 9.80 Å². The van der Waals surface area contributed by atoms with Gasteiger partial charge in [0.1, 0.15) is 0 Å². The number of hydrogen-bond acceptors (Lipinski definition) is 4. The highest BCUT2D eigenvalue weighted by atomic mass is 32.2. The van der Waals surface area contributed by atoms with Crippen molar-refractivity contribution in [3.05, 3.63) is 0 Å². The smallest absolute Gasteiger partial charge is 0.317 e. The maximum absolute atomic E-state index is 11.7. The SMILES string of the molecule is CSCCC(=O)N1CCN(CC(=O)O)CC1. The third kappa shape index (κ3) is 4.40. The van der Waals surface area contributed by atoms with Gasteiger partial charge >= 0.3 is 5.97 Å². The molecule has 0 spiro atoms. The number of nitrogens with zero attached hydrogens (tertiary/aromatic N) is 2. The Morgan fingerprint density at radius 1 is 1.25 bits per heavy atom. The molecular weight excluding hydrogens is 228 g/mol. The molecule has 1 heterocycles. The quantitative estimate of drug-likeness (QED) is 0.738. The van der Waals surface area contributed by atoms with Crippen LogP contribution >= 0.6 is 11.8 Å². The molecule has 0 radical (unpaired) electrons. The standard InChI is InChI=1S/C10H18N2O3S/c1-16-7-2-9(13)12-5-3-11(4-6-12)8-10(14)15/h2-8H2,1H3,(H,14,15). The second-order valence-electron chi connectivity index (χ2n) is 3.79. The zero-order valence-electron chi connectivity index (χ0n) is 9.52. The van der Waals surface area contributed by atoms with Crippen molar-refractivity contribution in [2.24, 2.45) is 0 Å². The van der Waals surface area contributed by atoms with E-state index in [0.29, 0.717) is 32.6 Å². The summed E-state index contributed by atoms with van der Waals surface area (Å²) in [6, 6.07) is 0. The molecule has 0 atom stereocenters. The number of hydrogen-bond donors (Lipinski definition) is 1. The Balaban J connectivity index is 2.25. The van der Waals surface area contributed by atoms with E-state index in [2.05, 4.69) is 0 Å². The van der Waals surface area contributed by atoms with E-state index in [-0.39, 0.29) is 12.5 Å². The number of thioether (sulfide) groups is 1. The Morgan fingerprint density at radius 2 is 1.88 bits per heavy atom. The molecule has 1 aliphatic heterocycles. The molecule has 16 heavy (non-hydrogen) atoms. The molecule has 1 rings (SSSR count). The maximum Gasteiger partial charge on any atom is 0.317 e. The highest BCUT2D eigenvalue weighted by molar-refractivity contribution is 7.98. The molecule has 5 nitrogen and oxygen atoms in total. The molecule has 1 fully saturated rings. The Morgan fingerprint density at radius 3 is 2.38 bits per heavy atom. The number of carboxylic acid groups (broad SMARTS) is 1. The highest BCUT2D eigenvalue weighted by Gasteiger charge is 2.21. The van der Waals surface area contributed by atoms with Gasteiger partial charge in [0, 0.05) is 38.4 Å². The van der Waals surface area contributed by atoms with Crippen molar-refractivity contribution >= 4 is 23.6 Å². The fraction of sp³-hybridized carbons (Fsp3) is 0.800. The summed E-state index contributed by atoms with van der Waals surface area (Å²) < 4.78 is 0. The predicted molar refractivity (Wildman–Crippen MR) is 63.7 cm³/mol. The maximum atomic E-state index is 11.7. The minimum Gasteiger partial charge on any atom is -0.480 e. The summed E-state index contributed by atoms with van der Waals surface area (Å²) >= 11 is 1.67. The summed E-state index contributed by atoms with van der Waals surface area (Å²) in [5.74, 6) is 0.236. The normalized spacial score (nSPS) is 17.4. The number of carbonyl (C=O) groups excluding carboxylic acids is 1. The van der Waals surface area contributed by atoms with E-state index in [9.17, 15) is 9.59 Å². The monoisotopic (exact) mass is 246 g/mol. The number of amides is 1. The van der Waals surface area contributed by atoms with Gasteiger partial charge in [0.2, 0.25) is 5.91 Å². The highest BCUT2D eigenvalue weighted by Crippen LogP contribution is 2.05. The molecule has 0 aromatic rings. The van der Waals surface area contributed by atoms with Gasteiger partial charge in [0.25, 0.3) is 0 Å². The van der Waals surface area contributed by atoms with E-state index >= 15 is 0 Å². The minimum atomic E-state index is -0.804. The zero-order chi connectivity index (χ0) is 12.0. The predicted octanol–water partition coefficient (Wildman–Crippen LogP) is -0.0317. The molecule has 6 heteroatoms. The van der Waals surface area contributed by atoms with Gasteiger partial charge in [0.05, 0.1) is 6.54 Å². The zero-order valence-corrected chi connectivity index (χ0v) is 10.3. The Bertz CT molecular complexity index is 252. The number of piperazine rings is 1. The second-order valence-corrected chi connectivity index (χ2v) is 4.78. The first-order chi connectivity index (χ1) is 7.63. The van der Waals surface area contributed by atoms with Crippen LogP contribution in [-0.4, -0.2) is 71.5 Å². The van der Waals surface area contributed by atoms with Crippen LogP contribution in [0.2, 0.25) is 0 Å². The average molecular weight is 246 g/mol. The molecule has 1 amide bonds. The lowest BCUT2D eigenvalue weighted by Gasteiger charge is -2.33. The van der Waals surface area contributed by atoms with Crippen molar-refractivity contribution in [3.63, 3.8) is 0 Å². The fourth-order valence-electron chi connectivity index (χ4n) is 1.69. The molecule has 1 N–H and O–H groups in total. The Hall–Kier alpha value is -0.750. The van der Waals surface area contributed by atoms with Crippen LogP contribution in [-0.2, 0) is 9.59 Å². The fourth-order valence-corrected chi connectivity index (χ4v) is 2.07. The summed E-state index contributed by atoms with van der Waals surface area (Å²) in [5, 5.41) is 8.63. The third-order valence-electron chi connectivity index (χ3n) is 2.60. The van der Waals surface area contributed by atoms with Crippen LogP contribution in [0.1, 0.15) is 6.42 Å².